The van der Waals surface area contributed by atoms with Crippen LogP contribution in [0.25, 0.3) is 11.0 Å². The Kier molecular flexibility index (Phi) is 2.64. The summed E-state index contributed by atoms with van der Waals surface area (Å²) in [6.45, 7) is 0. The van der Waals surface area contributed by atoms with E-state index >= 15 is 0 Å². The fraction of sp³-hybridized carbons (Fsp3) is 0.100. The van der Waals surface area contributed by atoms with Crippen molar-refractivity contribution in [1.29, 1.82) is 0 Å². The molecule has 5 heteroatoms. The van der Waals surface area contributed by atoms with Crippen LogP contribution in [0.5, 0.6) is 0 Å². The molecule has 0 aliphatic heterocycles. The highest BCUT2D eigenvalue weighted by Gasteiger charge is 2.05. The Bertz CT molecular complexity index is 577. The minimum absolute atomic E-state index is 0.00935. The predicted octanol–water partition coefficient (Wildman–Crippen LogP) is 1.50. The van der Waals surface area contributed by atoms with Gasteiger partial charge in [-0.25, -0.2) is 4.98 Å². The summed E-state index contributed by atoms with van der Waals surface area (Å²) in [7, 11) is 0. The van der Waals surface area contributed by atoms with Crippen LogP contribution in [0, 0.1) is 0 Å². The molecule has 0 unspecified atom stereocenters. The van der Waals surface area contributed by atoms with E-state index in [0.29, 0.717) is 16.6 Å². The molecule has 0 amide bonds. The molecule has 0 bridgehead atoms. The molecule has 0 fully saturated rings. The van der Waals surface area contributed by atoms with Gasteiger partial charge in [-0.15, -0.1) is 0 Å². The molecule has 0 saturated carbocycles. The third-order valence-electron chi connectivity index (χ3n) is 2.02. The number of ketones is 1. The van der Waals surface area contributed by atoms with Crippen molar-refractivity contribution in [3.05, 3.63) is 40.3 Å². The van der Waals surface area contributed by atoms with Crippen molar-refractivity contribution in [2.24, 2.45) is 0 Å². The monoisotopic (exact) mass is 266 g/mol. The summed E-state index contributed by atoms with van der Waals surface area (Å²) in [5, 5.41) is 0.280. The largest absolute Gasteiger partial charge is 0.319 e. The summed E-state index contributed by atoms with van der Waals surface area (Å²) in [5.74, 6) is -0.00935. The second kappa shape index (κ2) is 3.94. The third kappa shape index (κ3) is 1.97. The zero-order valence-electron chi connectivity index (χ0n) is 7.66. The van der Waals surface area contributed by atoms with Crippen LogP contribution in [0.1, 0.15) is 10.4 Å². The lowest BCUT2D eigenvalue weighted by atomic mass is 10.1. The molecule has 15 heavy (non-hydrogen) atoms. The van der Waals surface area contributed by atoms with Gasteiger partial charge in [-0.2, -0.15) is 0 Å². The molecule has 4 nitrogen and oxygen atoms in total. The number of aromatic nitrogens is 2. The summed E-state index contributed by atoms with van der Waals surface area (Å²) in [6.07, 6.45) is 1.20. The second-order valence-corrected chi connectivity index (χ2v) is 3.60. The molecule has 0 spiro atoms. The van der Waals surface area contributed by atoms with Gasteiger partial charge in [0, 0.05) is 5.56 Å². The highest BCUT2D eigenvalue weighted by Crippen LogP contribution is 2.11. The molecular weight excluding hydrogens is 260 g/mol. The van der Waals surface area contributed by atoms with E-state index in [1.54, 1.807) is 18.2 Å². The van der Waals surface area contributed by atoms with Crippen LogP contribution < -0.4 is 5.56 Å². The topological polar surface area (TPSA) is 62.8 Å². The smallest absolute Gasteiger partial charge is 0.266 e. The molecule has 1 N–H and O–H groups in total. The number of fused-ring (bicyclic) bond motifs is 1. The van der Waals surface area contributed by atoms with Gasteiger partial charge in [-0.3, -0.25) is 9.59 Å². The van der Waals surface area contributed by atoms with Crippen molar-refractivity contribution < 1.29 is 4.79 Å². The second-order valence-electron chi connectivity index (χ2n) is 3.04. The van der Waals surface area contributed by atoms with Gasteiger partial charge in [-0.05, 0) is 18.2 Å². The minimum atomic E-state index is -0.248. The Morgan fingerprint density at radius 3 is 3.00 bits per heavy atom. The molecule has 76 valence electrons. The molecule has 0 aliphatic carbocycles. The molecular formula is C10H7BrN2O2. The van der Waals surface area contributed by atoms with Crippen LogP contribution in [0.4, 0.5) is 0 Å². The van der Waals surface area contributed by atoms with E-state index in [9.17, 15) is 9.59 Å². The van der Waals surface area contributed by atoms with E-state index in [0.717, 1.165) is 0 Å². The average Bonchev–Trinajstić information content (AvgIpc) is 2.27. The lowest BCUT2D eigenvalue weighted by Crippen LogP contribution is -2.06. The zero-order chi connectivity index (χ0) is 10.8. The van der Waals surface area contributed by atoms with Gasteiger partial charge < -0.3 is 4.98 Å². The Morgan fingerprint density at radius 2 is 2.27 bits per heavy atom. The maximum atomic E-state index is 11.4. The molecule has 2 aromatic rings. The lowest BCUT2D eigenvalue weighted by molar-refractivity contribution is 0.102. The van der Waals surface area contributed by atoms with E-state index in [1.165, 1.54) is 6.20 Å². The quantitative estimate of drug-likeness (QED) is 0.662. The fourth-order valence-electron chi connectivity index (χ4n) is 1.29. The van der Waals surface area contributed by atoms with Crippen LogP contribution in [0.3, 0.4) is 0 Å². The van der Waals surface area contributed by atoms with Gasteiger partial charge in [-0.1, -0.05) is 15.9 Å². The highest BCUT2D eigenvalue weighted by atomic mass is 79.9. The molecule has 1 aromatic carbocycles. The summed E-state index contributed by atoms with van der Waals surface area (Å²) >= 11 is 3.10. The summed E-state index contributed by atoms with van der Waals surface area (Å²) in [6, 6.07) is 5.01. The molecule has 0 aliphatic rings. The number of hydrogen-bond donors (Lipinski definition) is 1. The van der Waals surface area contributed by atoms with E-state index < -0.39 is 0 Å². The number of halogens is 1. The van der Waals surface area contributed by atoms with Crippen molar-refractivity contribution in [3.63, 3.8) is 0 Å². The first kappa shape index (κ1) is 10.0. The lowest BCUT2D eigenvalue weighted by Gasteiger charge is -1.99. The first-order chi connectivity index (χ1) is 7.20. The number of carbonyl (C=O) groups is 1. The van der Waals surface area contributed by atoms with Gasteiger partial charge in [0.15, 0.2) is 5.78 Å². The number of alkyl halides is 1. The van der Waals surface area contributed by atoms with E-state index in [2.05, 4.69) is 25.9 Å². The minimum Gasteiger partial charge on any atom is -0.319 e. The number of aromatic amines is 1. The molecule has 0 radical (unpaired) electrons. The van der Waals surface area contributed by atoms with Gasteiger partial charge in [0.05, 0.1) is 22.6 Å². The number of carbonyl (C=O) groups excluding carboxylic acids is 1. The zero-order valence-corrected chi connectivity index (χ0v) is 9.24. The third-order valence-corrected chi connectivity index (χ3v) is 2.53. The van der Waals surface area contributed by atoms with Crippen molar-refractivity contribution in [2.45, 2.75) is 0 Å². The van der Waals surface area contributed by atoms with Crippen molar-refractivity contribution in [1.82, 2.24) is 9.97 Å². The van der Waals surface area contributed by atoms with Gasteiger partial charge >= 0.3 is 0 Å². The van der Waals surface area contributed by atoms with Crippen LogP contribution in [0.2, 0.25) is 0 Å². The Hall–Kier alpha value is -1.49. The number of H-pyrrole nitrogens is 1. The van der Waals surface area contributed by atoms with E-state index in [4.69, 9.17) is 0 Å². The van der Waals surface area contributed by atoms with Crippen LogP contribution in [-0.4, -0.2) is 21.1 Å². The van der Waals surface area contributed by atoms with E-state index in [-0.39, 0.29) is 16.7 Å². The van der Waals surface area contributed by atoms with Crippen molar-refractivity contribution >= 4 is 32.7 Å². The summed E-state index contributed by atoms with van der Waals surface area (Å²) < 4.78 is 0. The predicted molar refractivity (Wildman–Crippen MR) is 60.5 cm³/mol. The van der Waals surface area contributed by atoms with Crippen LogP contribution in [0.15, 0.2) is 29.2 Å². The normalized spacial score (nSPS) is 10.5. The molecule has 1 heterocycles. The first-order valence-electron chi connectivity index (χ1n) is 4.29. The molecule has 2 rings (SSSR count). The van der Waals surface area contributed by atoms with E-state index in [1.807, 2.05) is 0 Å². The fourth-order valence-corrected chi connectivity index (χ4v) is 1.61. The molecule has 0 saturated heterocycles. The number of Topliss-reactive ketones (excluding diaryl/α,β-unsaturated/α-hetero) is 1. The molecule has 1 aromatic heterocycles. The van der Waals surface area contributed by atoms with Gasteiger partial charge in [0.1, 0.15) is 0 Å². The number of nitrogens with zero attached hydrogens (tertiary/aromatic N) is 1. The average molecular weight is 267 g/mol. The maximum Gasteiger partial charge on any atom is 0.266 e. The van der Waals surface area contributed by atoms with Crippen molar-refractivity contribution in [2.75, 3.05) is 5.33 Å². The summed E-state index contributed by atoms with van der Waals surface area (Å²) in [4.78, 5) is 28.9. The number of benzene rings is 1. The van der Waals surface area contributed by atoms with Gasteiger partial charge in [0.2, 0.25) is 0 Å². The standard InChI is InChI=1S/C10H7BrN2O2/c11-4-9(14)6-1-2-7-8(3-6)12-5-10(15)13-7/h1-3,5H,4H2,(H,13,15). The number of rotatable bonds is 2. The van der Waals surface area contributed by atoms with Crippen LogP contribution >= 0.6 is 15.9 Å². The Labute approximate surface area is 93.5 Å². The SMILES string of the molecule is O=C(CBr)c1ccc2[nH]c(=O)cnc2c1. The Balaban J connectivity index is 2.62. The summed E-state index contributed by atoms with van der Waals surface area (Å²) in [5.41, 5.74) is 1.58. The number of nitrogens with one attached hydrogen (secondary N) is 1. The molecule has 0 atom stereocenters. The maximum absolute atomic E-state index is 11.4. The van der Waals surface area contributed by atoms with Crippen LogP contribution in [-0.2, 0) is 0 Å². The Morgan fingerprint density at radius 1 is 1.47 bits per heavy atom. The van der Waals surface area contributed by atoms with Gasteiger partial charge in [0.25, 0.3) is 5.56 Å². The highest BCUT2D eigenvalue weighted by molar-refractivity contribution is 9.09. The first-order valence-corrected chi connectivity index (χ1v) is 5.41. The number of hydrogen-bond acceptors (Lipinski definition) is 3. The van der Waals surface area contributed by atoms with Crippen molar-refractivity contribution in [3.8, 4) is 0 Å².